The molecule has 1 aliphatic carbocycles. The van der Waals surface area contributed by atoms with Crippen molar-refractivity contribution in [1.29, 1.82) is 0 Å². The lowest BCUT2D eigenvalue weighted by Crippen LogP contribution is -2.39. The minimum Gasteiger partial charge on any atom is -0.316 e. The van der Waals surface area contributed by atoms with Crippen LogP contribution < -0.4 is 5.32 Å². The molecule has 0 aromatic carbocycles. The van der Waals surface area contributed by atoms with Crippen LogP contribution in [0.25, 0.3) is 0 Å². The predicted molar refractivity (Wildman–Crippen MR) is 90.6 cm³/mol. The molecule has 2 rings (SSSR count). The largest absolute Gasteiger partial charge is 0.316 e. The van der Waals surface area contributed by atoms with Crippen molar-refractivity contribution < 1.29 is 0 Å². The van der Waals surface area contributed by atoms with E-state index in [2.05, 4.69) is 38.2 Å². The van der Waals surface area contributed by atoms with Crippen LogP contribution in [0.5, 0.6) is 0 Å². The van der Waals surface area contributed by atoms with Gasteiger partial charge in [0.2, 0.25) is 0 Å². The second-order valence-corrected chi connectivity index (χ2v) is 8.24. The predicted octanol–water partition coefficient (Wildman–Crippen LogP) is 5.05. The molecule has 1 N–H and O–H groups in total. The summed E-state index contributed by atoms with van der Waals surface area (Å²) < 4.78 is 0. The van der Waals surface area contributed by atoms with Crippen molar-refractivity contribution in [1.82, 2.24) is 5.32 Å². The van der Waals surface area contributed by atoms with Crippen molar-refractivity contribution in [2.75, 3.05) is 13.1 Å². The van der Waals surface area contributed by atoms with Crippen LogP contribution >= 0.6 is 11.3 Å². The molecular weight excluding hydrogens is 262 g/mol. The van der Waals surface area contributed by atoms with Gasteiger partial charge in [-0.1, -0.05) is 40.0 Å². The molecule has 1 aliphatic rings. The topological polar surface area (TPSA) is 12.0 Å². The van der Waals surface area contributed by atoms with Crippen molar-refractivity contribution in [2.45, 2.75) is 65.7 Å². The third-order valence-electron chi connectivity index (χ3n) is 4.58. The Balaban J connectivity index is 1.98. The zero-order chi connectivity index (χ0) is 14.4. The monoisotopic (exact) mass is 293 g/mol. The van der Waals surface area contributed by atoms with Crippen molar-refractivity contribution in [3.05, 3.63) is 21.9 Å². The van der Waals surface area contributed by atoms with E-state index in [0.717, 1.165) is 12.5 Å². The third-order valence-corrected chi connectivity index (χ3v) is 5.81. The molecule has 114 valence electrons. The van der Waals surface area contributed by atoms with Crippen molar-refractivity contribution in [3.8, 4) is 0 Å². The number of nitrogens with one attached hydrogen (secondary N) is 1. The van der Waals surface area contributed by atoms with Crippen LogP contribution in [0.15, 0.2) is 12.1 Å². The molecule has 1 nitrogen and oxygen atoms in total. The molecule has 0 spiro atoms. The van der Waals surface area contributed by atoms with Gasteiger partial charge >= 0.3 is 0 Å². The van der Waals surface area contributed by atoms with Gasteiger partial charge in [-0.3, -0.25) is 0 Å². The lowest BCUT2D eigenvalue weighted by Gasteiger charge is -2.37. The van der Waals surface area contributed by atoms with Crippen LogP contribution in [0, 0.1) is 11.3 Å². The molecule has 0 radical (unpaired) electrons. The van der Waals surface area contributed by atoms with Crippen LogP contribution in [0.3, 0.4) is 0 Å². The van der Waals surface area contributed by atoms with Gasteiger partial charge in [0.05, 0.1) is 0 Å². The second kappa shape index (κ2) is 7.61. The van der Waals surface area contributed by atoms with Crippen molar-refractivity contribution >= 4 is 11.3 Å². The highest BCUT2D eigenvalue weighted by Gasteiger charge is 2.32. The van der Waals surface area contributed by atoms with Gasteiger partial charge in [0.1, 0.15) is 0 Å². The average molecular weight is 294 g/mol. The van der Waals surface area contributed by atoms with E-state index in [1.165, 1.54) is 51.5 Å². The van der Waals surface area contributed by atoms with Gasteiger partial charge in [-0.25, -0.2) is 0 Å². The van der Waals surface area contributed by atoms with E-state index >= 15 is 0 Å². The SMILES string of the molecule is CCc1ccc(CC2(CNCC(C)C)CCCCC2)s1. The maximum Gasteiger partial charge on any atom is 0.00541 e. The summed E-state index contributed by atoms with van der Waals surface area (Å²) in [5.74, 6) is 0.754. The highest BCUT2D eigenvalue weighted by atomic mass is 32.1. The van der Waals surface area contributed by atoms with E-state index in [9.17, 15) is 0 Å². The molecule has 0 aliphatic heterocycles. The zero-order valence-electron chi connectivity index (χ0n) is 13.5. The maximum atomic E-state index is 3.74. The first-order valence-corrected chi connectivity index (χ1v) is 9.23. The smallest absolute Gasteiger partial charge is 0.00541 e. The fraction of sp³-hybridized carbons (Fsp3) is 0.778. The number of rotatable bonds is 7. The van der Waals surface area contributed by atoms with Crippen molar-refractivity contribution in [2.24, 2.45) is 11.3 Å². The number of aryl methyl sites for hydroxylation is 1. The molecule has 0 amide bonds. The van der Waals surface area contributed by atoms with Crippen molar-refractivity contribution in [3.63, 3.8) is 0 Å². The zero-order valence-corrected chi connectivity index (χ0v) is 14.3. The van der Waals surface area contributed by atoms with Gasteiger partial charge in [-0.15, -0.1) is 11.3 Å². The minimum absolute atomic E-state index is 0.531. The van der Waals surface area contributed by atoms with E-state index in [1.807, 2.05) is 11.3 Å². The lowest BCUT2D eigenvalue weighted by molar-refractivity contribution is 0.180. The van der Waals surface area contributed by atoms with E-state index in [4.69, 9.17) is 0 Å². The Morgan fingerprint density at radius 2 is 1.85 bits per heavy atom. The van der Waals surface area contributed by atoms with Gasteiger partial charge < -0.3 is 5.32 Å². The van der Waals surface area contributed by atoms with Gasteiger partial charge in [0.15, 0.2) is 0 Å². The highest BCUT2D eigenvalue weighted by Crippen LogP contribution is 2.40. The molecular formula is C18H31NS. The van der Waals surface area contributed by atoms with Crippen LogP contribution in [0.4, 0.5) is 0 Å². The summed E-state index contributed by atoms with van der Waals surface area (Å²) in [6.45, 7) is 9.23. The van der Waals surface area contributed by atoms with E-state index in [-0.39, 0.29) is 0 Å². The van der Waals surface area contributed by atoms with Gasteiger partial charge in [0, 0.05) is 16.3 Å². The molecule has 1 saturated carbocycles. The van der Waals surface area contributed by atoms with Gasteiger partial charge in [-0.05, 0) is 55.7 Å². The fourth-order valence-corrected chi connectivity index (χ4v) is 4.55. The third kappa shape index (κ3) is 4.60. The number of hydrogen-bond acceptors (Lipinski definition) is 2. The highest BCUT2D eigenvalue weighted by molar-refractivity contribution is 7.11. The molecule has 1 fully saturated rings. The van der Waals surface area contributed by atoms with Gasteiger partial charge in [-0.2, -0.15) is 0 Å². The summed E-state index contributed by atoms with van der Waals surface area (Å²) >= 11 is 2.04. The Hall–Kier alpha value is -0.340. The molecule has 0 atom stereocenters. The van der Waals surface area contributed by atoms with Gasteiger partial charge in [0.25, 0.3) is 0 Å². The van der Waals surface area contributed by atoms with E-state index < -0.39 is 0 Å². The minimum atomic E-state index is 0.531. The lowest BCUT2D eigenvalue weighted by atomic mass is 9.71. The summed E-state index contributed by atoms with van der Waals surface area (Å²) in [7, 11) is 0. The Kier molecular flexibility index (Phi) is 6.10. The quantitative estimate of drug-likeness (QED) is 0.742. The van der Waals surface area contributed by atoms with Crippen LogP contribution in [0.1, 0.15) is 62.6 Å². The second-order valence-electron chi connectivity index (χ2n) is 6.98. The molecule has 2 heteroatoms. The first-order chi connectivity index (χ1) is 9.63. The molecule has 20 heavy (non-hydrogen) atoms. The number of thiophene rings is 1. The molecule has 0 saturated heterocycles. The first-order valence-electron chi connectivity index (χ1n) is 8.42. The Labute approximate surface area is 129 Å². The summed E-state index contributed by atoms with van der Waals surface area (Å²) in [5, 5.41) is 3.74. The maximum absolute atomic E-state index is 3.74. The molecule has 1 aromatic heterocycles. The normalized spacial score (nSPS) is 18.6. The molecule has 1 heterocycles. The molecule has 0 bridgehead atoms. The van der Waals surface area contributed by atoms with E-state index in [0.29, 0.717) is 5.41 Å². The van der Waals surface area contributed by atoms with Crippen LogP contribution in [-0.2, 0) is 12.8 Å². The summed E-state index contributed by atoms with van der Waals surface area (Å²) in [6, 6.07) is 4.71. The first kappa shape index (κ1) is 16.0. The van der Waals surface area contributed by atoms with Crippen LogP contribution in [-0.4, -0.2) is 13.1 Å². The summed E-state index contributed by atoms with van der Waals surface area (Å²) in [6.07, 6.45) is 9.60. The molecule has 0 unspecified atom stereocenters. The Morgan fingerprint density at radius 1 is 1.15 bits per heavy atom. The number of hydrogen-bond donors (Lipinski definition) is 1. The Morgan fingerprint density at radius 3 is 2.45 bits per heavy atom. The Bertz CT molecular complexity index is 388. The summed E-state index contributed by atoms with van der Waals surface area (Å²) in [4.78, 5) is 3.15. The van der Waals surface area contributed by atoms with Crippen LogP contribution in [0.2, 0.25) is 0 Å². The van der Waals surface area contributed by atoms with E-state index in [1.54, 1.807) is 9.75 Å². The molecule has 1 aromatic rings. The fourth-order valence-electron chi connectivity index (χ4n) is 3.42. The standard InChI is InChI=1S/C18H31NS/c1-4-16-8-9-17(20-16)12-18(10-6-5-7-11-18)14-19-13-15(2)3/h8-9,15,19H,4-7,10-14H2,1-3H3. The summed E-state index contributed by atoms with van der Waals surface area (Å²) in [5.41, 5.74) is 0.531. The average Bonchev–Trinajstić information content (AvgIpc) is 2.86.